The predicted molar refractivity (Wildman–Crippen MR) is 89.8 cm³/mol. The zero-order chi connectivity index (χ0) is 16.2. The number of halogens is 1. The number of aromatic nitrogens is 1. The summed E-state index contributed by atoms with van der Waals surface area (Å²) in [5, 5.41) is 5.54. The van der Waals surface area contributed by atoms with Crippen molar-refractivity contribution in [1.82, 2.24) is 10.3 Å². The molecule has 0 bridgehead atoms. The Morgan fingerprint density at radius 1 is 1.30 bits per heavy atom. The van der Waals surface area contributed by atoms with Crippen LogP contribution in [0.3, 0.4) is 0 Å². The Hall–Kier alpha value is -1.79. The van der Waals surface area contributed by atoms with Gasteiger partial charge in [0.05, 0.1) is 0 Å². The molecule has 2 atom stereocenters. The van der Waals surface area contributed by atoms with E-state index in [0.29, 0.717) is 23.2 Å². The average molecular weight is 333 g/mol. The minimum Gasteiger partial charge on any atom is -0.348 e. The number of hydrogen-bond acceptors (Lipinski definition) is 4. The van der Waals surface area contributed by atoms with Gasteiger partial charge in [-0.2, -0.15) is 0 Å². The van der Waals surface area contributed by atoms with Gasteiger partial charge in [0.15, 0.2) is 0 Å². The Kier molecular flexibility index (Phi) is 5.03. The summed E-state index contributed by atoms with van der Waals surface area (Å²) in [5.41, 5.74) is 7.03. The van der Waals surface area contributed by atoms with E-state index in [0.717, 1.165) is 24.8 Å². The number of carbonyl (C=O) groups excluding carboxylic acids is 1. The first-order valence-corrected chi connectivity index (χ1v) is 8.77. The van der Waals surface area contributed by atoms with Crippen LogP contribution in [0.4, 0.5) is 4.39 Å². The lowest BCUT2D eigenvalue weighted by atomic mass is 9.84. The molecule has 1 aromatic heterocycles. The van der Waals surface area contributed by atoms with E-state index in [1.54, 1.807) is 17.5 Å². The van der Waals surface area contributed by atoms with Crippen LogP contribution in [-0.2, 0) is 0 Å². The van der Waals surface area contributed by atoms with Crippen LogP contribution in [0.2, 0.25) is 0 Å². The number of nitrogens with one attached hydrogen (secondary N) is 1. The number of amides is 1. The molecule has 1 fully saturated rings. The number of rotatable bonds is 4. The van der Waals surface area contributed by atoms with Crippen LogP contribution in [-0.4, -0.2) is 23.5 Å². The van der Waals surface area contributed by atoms with E-state index in [9.17, 15) is 9.18 Å². The molecule has 3 rings (SSSR count). The summed E-state index contributed by atoms with van der Waals surface area (Å²) in [7, 11) is 0. The van der Waals surface area contributed by atoms with E-state index in [-0.39, 0.29) is 17.8 Å². The summed E-state index contributed by atoms with van der Waals surface area (Å²) in [6, 6.07) is 6.26. The molecule has 0 saturated heterocycles. The summed E-state index contributed by atoms with van der Waals surface area (Å²) in [4.78, 5) is 16.8. The first kappa shape index (κ1) is 16.1. The molecular formula is C17H20FN3OS. The van der Waals surface area contributed by atoms with E-state index < -0.39 is 0 Å². The van der Waals surface area contributed by atoms with E-state index in [1.807, 2.05) is 0 Å². The summed E-state index contributed by atoms with van der Waals surface area (Å²) in [6.07, 6.45) is 4.35. The summed E-state index contributed by atoms with van der Waals surface area (Å²) in [6.45, 7) is 0.600. The molecule has 1 amide bonds. The minimum atomic E-state index is -0.284. The number of carbonyl (C=O) groups is 1. The molecule has 23 heavy (non-hydrogen) atoms. The van der Waals surface area contributed by atoms with Crippen molar-refractivity contribution in [3.05, 3.63) is 41.2 Å². The highest BCUT2D eigenvalue weighted by Gasteiger charge is 2.26. The van der Waals surface area contributed by atoms with Crippen molar-refractivity contribution >= 4 is 17.2 Å². The van der Waals surface area contributed by atoms with Gasteiger partial charge in [-0.05, 0) is 49.6 Å². The zero-order valence-corrected chi connectivity index (χ0v) is 13.6. The summed E-state index contributed by atoms with van der Waals surface area (Å²) >= 11 is 1.39. The third kappa shape index (κ3) is 3.76. The Morgan fingerprint density at radius 3 is 2.78 bits per heavy atom. The van der Waals surface area contributed by atoms with Gasteiger partial charge in [-0.15, -0.1) is 11.3 Å². The second-order valence-corrected chi connectivity index (χ2v) is 6.76. The predicted octanol–water partition coefficient (Wildman–Crippen LogP) is 3.20. The largest absolute Gasteiger partial charge is 0.348 e. The van der Waals surface area contributed by atoms with Gasteiger partial charge in [0.2, 0.25) is 0 Å². The Morgan fingerprint density at radius 2 is 2.04 bits per heavy atom. The maximum absolute atomic E-state index is 13.0. The van der Waals surface area contributed by atoms with E-state index in [1.165, 1.54) is 29.9 Å². The third-order valence-corrected chi connectivity index (χ3v) is 5.25. The van der Waals surface area contributed by atoms with Gasteiger partial charge in [-0.25, -0.2) is 9.37 Å². The molecule has 1 aliphatic rings. The maximum Gasteiger partial charge on any atom is 0.271 e. The van der Waals surface area contributed by atoms with Gasteiger partial charge >= 0.3 is 0 Å². The van der Waals surface area contributed by atoms with Crippen LogP contribution in [0.25, 0.3) is 10.6 Å². The highest BCUT2D eigenvalue weighted by Crippen LogP contribution is 2.26. The van der Waals surface area contributed by atoms with Crippen LogP contribution < -0.4 is 11.1 Å². The molecule has 1 aliphatic carbocycles. The molecule has 122 valence electrons. The van der Waals surface area contributed by atoms with Gasteiger partial charge in [0.1, 0.15) is 16.5 Å². The number of benzene rings is 1. The lowest BCUT2D eigenvalue weighted by Crippen LogP contribution is -2.44. The van der Waals surface area contributed by atoms with Crippen LogP contribution in [0.15, 0.2) is 29.6 Å². The summed E-state index contributed by atoms with van der Waals surface area (Å²) < 4.78 is 13.0. The van der Waals surface area contributed by atoms with Gasteiger partial charge in [-0.1, -0.05) is 12.8 Å². The molecule has 6 heteroatoms. The Bertz CT molecular complexity index is 671. The zero-order valence-electron chi connectivity index (χ0n) is 12.8. The van der Waals surface area contributed by atoms with Crippen molar-refractivity contribution in [2.75, 3.05) is 6.54 Å². The van der Waals surface area contributed by atoms with Gasteiger partial charge in [0, 0.05) is 17.0 Å². The maximum atomic E-state index is 13.0. The van der Waals surface area contributed by atoms with E-state index >= 15 is 0 Å². The molecule has 4 nitrogen and oxygen atoms in total. The minimum absolute atomic E-state index is 0.136. The lowest BCUT2D eigenvalue weighted by Gasteiger charge is -2.31. The first-order chi connectivity index (χ1) is 11.2. The Balaban J connectivity index is 1.69. The smallest absolute Gasteiger partial charge is 0.271 e. The van der Waals surface area contributed by atoms with Crippen LogP contribution in [0, 0.1) is 11.7 Å². The highest BCUT2D eigenvalue weighted by atomic mass is 32.1. The van der Waals surface area contributed by atoms with Crippen molar-refractivity contribution in [1.29, 1.82) is 0 Å². The molecule has 2 unspecified atom stereocenters. The van der Waals surface area contributed by atoms with Crippen molar-refractivity contribution in [2.45, 2.75) is 31.7 Å². The van der Waals surface area contributed by atoms with Crippen LogP contribution in [0.5, 0.6) is 0 Å². The second kappa shape index (κ2) is 7.19. The fourth-order valence-electron chi connectivity index (χ4n) is 3.03. The Labute approximate surface area is 138 Å². The molecule has 1 aromatic carbocycles. The number of nitrogens with zero attached hydrogens (tertiary/aromatic N) is 1. The standard InChI is InChI=1S/C17H20FN3OS/c18-13-7-5-11(6-8-13)17-21-15(10-23-17)16(22)20-14-4-2-1-3-12(14)9-19/h5-8,10,12,14H,1-4,9,19H2,(H,20,22). The molecule has 0 spiro atoms. The van der Waals surface area contributed by atoms with Crippen LogP contribution in [0.1, 0.15) is 36.2 Å². The average Bonchev–Trinajstić information content (AvgIpc) is 3.06. The molecule has 1 saturated carbocycles. The SMILES string of the molecule is NCC1CCCCC1NC(=O)c1csc(-c2ccc(F)cc2)n1. The van der Waals surface area contributed by atoms with E-state index in [4.69, 9.17) is 5.73 Å². The number of hydrogen-bond donors (Lipinski definition) is 2. The topological polar surface area (TPSA) is 68.0 Å². The quantitative estimate of drug-likeness (QED) is 0.903. The third-order valence-electron chi connectivity index (χ3n) is 4.36. The van der Waals surface area contributed by atoms with Crippen LogP contribution >= 0.6 is 11.3 Å². The normalized spacial score (nSPS) is 21.1. The van der Waals surface area contributed by atoms with Crippen molar-refractivity contribution < 1.29 is 9.18 Å². The van der Waals surface area contributed by atoms with Crippen molar-refractivity contribution in [3.63, 3.8) is 0 Å². The molecule has 2 aromatic rings. The molecule has 1 heterocycles. The fraction of sp³-hybridized carbons (Fsp3) is 0.412. The van der Waals surface area contributed by atoms with Crippen molar-refractivity contribution in [3.8, 4) is 10.6 Å². The first-order valence-electron chi connectivity index (χ1n) is 7.90. The summed E-state index contributed by atoms with van der Waals surface area (Å²) in [5.74, 6) is -0.0868. The molecular weight excluding hydrogens is 313 g/mol. The molecule has 3 N–H and O–H groups in total. The van der Waals surface area contributed by atoms with Crippen molar-refractivity contribution in [2.24, 2.45) is 11.7 Å². The number of nitrogens with two attached hydrogens (primary N) is 1. The number of thiazole rings is 1. The fourth-order valence-corrected chi connectivity index (χ4v) is 3.83. The van der Waals surface area contributed by atoms with Gasteiger partial charge in [0.25, 0.3) is 5.91 Å². The lowest BCUT2D eigenvalue weighted by molar-refractivity contribution is 0.0903. The molecule has 0 radical (unpaired) electrons. The van der Waals surface area contributed by atoms with Gasteiger partial charge < -0.3 is 11.1 Å². The van der Waals surface area contributed by atoms with Gasteiger partial charge in [-0.3, -0.25) is 4.79 Å². The molecule has 0 aliphatic heterocycles. The van der Waals surface area contributed by atoms with E-state index in [2.05, 4.69) is 10.3 Å². The monoisotopic (exact) mass is 333 g/mol. The highest BCUT2D eigenvalue weighted by molar-refractivity contribution is 7.13. The second-order valence-electron chi connectivity index (χ2n) is 5.90.